The number of piperidine rings is 1. The smallest absolute Gasteiger partial charge is 0.327 e. The molecule has 2 aliphatic heterocycles. The Hall–Kier alpha value is -3.46. The maximum Gasteiger partial charge on any atom is 0.327 e. The van der Waals surface area contributed by atoms with Crippen molar-refractivity contribution < 1.29 is 23.5 Å². The second-order valence-electron chi connectivity index (χ2n) is 7.85. The minimum atomic E-state index is -0.582. The monoisotopic (exact) mass is 440 g/mol. The number of para-hydroxylation sites is 1. The fraction of sp³-hybridized carbons (Fsp3) is 0.348. The molecule has 168 valence electrons. The van der Waals surface area contributed by atoms with Gasteiger partial charge in [-0.1, -0.05) is 24.3 Å². The second-order valence-corrected chi connectivity index (χ2v) is 7.85. The maximum atomic E-state index is 13.9. The van der Waals surface area contributed by atoms with Crippen LogP contribution in [0.5, 0.6) is 5.75 Å². The van der Waals surface area contributed by atoms with E-state index in [-0.39, 0.29) is 24.7 Å². The molecule has 9 heteroatoms. The number of rotatable bonds is 6. The van der Waals surface area contributed by atoms with Crippen LogP contribution in [0.1, 0.15) is 18.4 Å². The Balaban J connectivity index is 1.54. The van der Waals surface area contributed by atoms with Crippen molar-refractivity contribution in [1.82, 2.24) is 15.1 Å². The molecule has 2 N–H and O–H groups in total. The molecule has 2 aromatic rings. The summed E-state index contributed by atoms with van der Waals surface area (Å²) >= 11 is 0. The summed E-state index contributed by atoms with van der Waals surface area (Å²) in [6.45, 7) is 0.465. The van der Waals surface area contributed by atoms with E-state index in [1.54, 1.807) is 37.4 Å². The van der Waals surface area contributed by atoms with Crippen LogP contribution < -0.4 is 15.4 Å². The van der Waals surface area contributed by atoms with Crippen molar-refractivity contribution in [2.45, 2.75) is 31.5 Å². The average Bonchev–Trinajstić information content (AvgIpc) is 2.81. The molecule has 0 aliphatic carbocycles. The van der Waals surface area contributed by atoms with Gasteiger partial charge in [0.1, 0.15) is 24.2 Å². The molecule has 2 fully saturated rings. The summed E-state index contributed by atoms with van der Waals surface area (Å²) in [6.07, 6.45) is 1.39. The third kappa shape index (κ3) is 4.43. The number of methoxy groups -OCH3 is 1. The first-order valence-electron chi connectivity index (χ1n) is 10.5. The van der Waals surface area contributed by atoms with Crippen molar-refractivity contribution in [3.8, 4) is 5.75 Å². The van der Waals surface area contributed by atoms with Crippen LogP contribution in [0.15, 0.2) is 48.5 Å². The van der Waals surface area contributed by atoms with Gasteiger partial charge in [-0.3, -0.25) is 14.5 Å². The van der Waals surface area contributed by atoms with Crippen LogP contribution >= 0.6 is 0 Å². The predicted molar refractivity (Wildman–Crippen MR) is 115 cm³/mol. The topological polar surface area (TPSA) is 91.0 Å². The quantitative estimate of drug-likeness (QED) is 0.720. The summed E-state index contributed by atoms with van der Waals surface area (Å²) in [6, 6.07) is 11.4. The first kappa shape index (κ1) is 21.8. The van der Waals surface area contributed by atoms with Crippen molar-refractivity contribution in [2.75, 3.05) is 25.5 Å². The molecule has 0 aromatic heterocycles. The van der Waals surface area contributed by atoms with Crippen LogP contribution in [0.25, 0.3) is 0 Å². The fourth-order valence-corrected chi connectivity index (χ4v) is 4.17. The van der Waals surface area contributed by atoms with Crippen molar-refractivity contribution in [3.63, 3.8) is 0 Å². The van der Waals surface area contributed by atoms with Gasteiger partial charge in [0.05, 0.1) is 25.4 Å². The number of carbonyl (C=O) groups excluding carboxylic acids is 3. The molecule has 2 unspecified atom stereocenters. The van der Waals surface area contributed by atoms with E-state index in [1.165, 1.54) is 23.1 Å². The molecule has 4 rings (SSSR count). The Morgan fingerprint density at radius 1 is 1.19 bits per heavy atom. The van der Waals surface area contributed by atoms with Crippen molar-refractivity contribution in [2.24, 2.45) is 0 Å². The lowest BCUT2D eigenvalue weighted by Gasteiger charge is -2.46. The summed E-state index contributed by atoms with van der Waals surface area (Å²) in [4.78, 5) is 41.6. The number of hydrogen-bond acceptors (Lipinski definition) is 5. The Morgan fingerprint density at radius 2 is 1.94 bits per heavy atom. The van der Waals surface area contributed by atoms with Gasteiger partial charge in [0.2, 0.25) is 11.8 Å². The molecule has 2 atom stereocenters. The van der Waals surface area contributed by atoms with Gasteiger partial charge in [-0.05, 0) is 49.2 Å². The van der Waals surface area contributed by atoms with Crippen molar-refractivity contribution >= 4 is 23.5 Å². The number of nitrogens with zero attached hydrogens (tertiary/aromatic N) is 2. The minimum absolute atomic E-state index is 0.0476. The van der Waals surface area contributed by atoms with E-state index in [4.69, 9.17) is 4.74 Å². The maximum absolute atomic E-state index is 13.9. The summed E-state index contributed by atoms with van der Waals surface area (Å²) in [5.74, 6) is -0.711. The lowest BCUT2D eigenvalue weighted by Crippen LogP contribution is -2.70. The number of imide groups is 1. The van der Waals surface area contributed by atoms with E-state index < -0.39 is 29.8 Å². The molecule has 4 amide bonds. The molecule has 2 aliphatic rings. The third-order valence-corrected chi connectivity index (χ3v) is 5.80. The first-order chi connectivity index (χ1) is 15.5. The van der Waals surface area contributed by atoms with Gasteiger partial charge >= 0.3 is 6.03 Å². The van der Waals surface area contributed by atoms with E-state index >= 15 is 0 Å². The summed E-state index contributed by atoms with van der Waals surface area (Å²) in [5.41, 5.74) is 0.809. The van der Waals surface area contributed by atoms with E-state index in [1.807, 2.05) is 0 Å². The summed E-state index contributed by atoms with van der Waals surface area (Å²) in [5, 5.41) is 5.71. The number of benzene rings is 2. The number of nitrogens with one attached hydrogen (secondary N) is 2. The lowest BCUT2D eigenvalue weighted by atomic mass is 9.93. The fourth-order valence-electron chi connectivity index (χ4n) is 4.17. The van der Waals surface area contributed by atoms with Gasteiger partial charge in [-0.25, -0.2) is 9.18 Å². The largest absolute Gasteiger partial charge is 0.497 e. The second kappa shape index (κ2) is 9.35. The van der Waals surface area contributed by atoms with Crippen LogP contribution in [0, 0.1) is 5.82 Å². The Bertz CT molecular complexity index is 1010. The number of amides is 4. The first-order valence-corrected chi connectivity index (χ1v) is 10.5. The zero-order valence-corrected chi connectivity index (χ0v) is 17.7. The van der Waals surface area contributed by atoms with E-state index in [0.29, 0.717) is 18.7 Å². The van der Waals surface area contributed by atoms with Gasteiger partial charge in [0, 0.05) is 0 Å². The number of carbonyl (C=O) groups is 3. The normalized spacial score (nSPS) is 20.7. The van der Waals surface area contributed by atoms with Crippen LogP contribution in [-0.4, -0.2) is 59.9 Å². The van der Waals surface area contributed by atoms with Gasteiger partial charge < -0.3 is 20.3 Å². The molecule has 8 nitrogen and oxygen atoms in total. The van der Waals surface area contributed by atoms with Crippen molar-refractivity contribution in [3.05, 3.63) is 59.9 Å². The highest BCUT2D eigenvalue weighted by atomic mass is 19.1. The highest BCUT2D eigenvalue weighted by Crippen LogP contribution is 2.26. The molecule has 0 spiro atoms. The number of hydrogen-bond donors (Lipinski definition) is 2. The molecular formula is C23H25FN4O4. The molecule has 0 saturated carbocycles. The zero-order chi connectivity index (χ0) is 22.7. The number of anilines is 1. The minimum Gasteiger partial charge on any atom is -0.497 e. The predicted octanol–water partition coefficient (Wildman–Crippen LogP) is 2.36. The Morgan fingerprint density at radius 3 is 2.66 bits per heavy atom. The van der Waals surface area contributed by atoms with Crippen molar-refractivity contribution in [1.29, 1.82) is 0 Å². The lowest BCUT2D eigenvalue weighted by molar-refractivity contribution is -0.138. The number of urea groups is 1. The number of ether oxygens (including phenoxy) is 1. The van der Waals surface area contributed by atoms with E-state index in [9.17, 15) is 18.8 Å². The Labute approximate surface area is 185 Å². The van der Waals surface area contributed by atoms with Crippen LogP contribution in [0.2, 0.25) is 0 Å². The summed E-state index contributed by atoms with van der Waals surface area (Å²) in [7, 11) is 1.56. The van der Waals surface area contributed by atoms with Gasteiger partial charge in [-0.2, -0.15) is 0 Å². The van der Waals surface area contributed by atoms with Gasteiger partial charge in [-0.15, -0.1) is 0 Å². The highest BCUT2D eigenvalue weighted by molar-refractivity contribution is 6.02. The number of halogens is 1. The van der Waals surface area contributed by atoms with E-state index in [2.05, 4.69) is 10.6 Å². The van der Waals surface area contributed by atoms with Gasteiger partial charge in [0.25, 0.3) is 0 Å². The van der Waals surface area contributed by atoms with E-state index in [0.717, 1.165) is 16.9 Å². The third-order valence-electron chi connectivity index (χ3n) is 5.80. The molecule has 2 aromatic carbocycles. The number of fused-ring (bicyclic) bond motifs is 1. The molecule has 32 heavy (non-hydrogen) atoms. The highest BCUT2D eigenvalue weighted by Gasteiger charge is 2.47. The van der Waals surface area contributed by atoms with Crippen LogP contribution in [0.4, 0.5) is 14.9 Å². The van der Waals surface area contributed by atoms with Crippen LogP contribution in [0.3, 0.4) is 0 Å². The zero-order valence-electron chi connectivity index (χ0n) is 17.7. The Kier molecular flexibility index (Phi) is 6.36. The molecular weight excluding hydrogens is 415 g/mol. The molecule has 2 heterocycles. The standard InChI is InChI=1S/C23H25FN4O4/c1-32-16-10-8-15(9-11-16)13-28-22(30)21-19(7-4-12-25-21)27(23(28)31)14-20(29)26-18-6-3-2-5-17(18)24/h2-3,5-6,8-11,19,21,25H,4,7,12-14H2,1H3,(H,26,29). The van der Waals surface area contributed by atoms with Crippen LogP contribution in [-0.2, 0) is 16.1 Å². The summed E-state index contributed by atoms with van der Waals surface area (Å²) < 4.78 is 19.1. The van der Waals surface area contributed by atoms with Gasteiger partial charge in [0.15, 0.2) is 0 Å². The molecule has 2 saturated heterocycles. The molecule has 0 radical (unpaired) electrons. The SMILES string of the molecule is COc1ccc(CN2C(=O)C3NCCCC3N(CC(=O)Nc3ccccc3F)C2=O)cc1. The molecule has 0 bridgehead atoms. The average molecular weight is 440 g/mol.